The molecule has 5 nitrogen and oxygen atoms in total. The topological polar surface area (TPSA) is 65.8 Å². The average molecular weight is 439 g/mol. The zero-order chi connectivity index (χ0) is 20.7. The Hall–Kier alpha value is -2.34. The Morgan fingerprint density at radius 2 is 1.97 bits per heavy atom. The monoisotopic (exact) mass is 438 g/mol. The third kappa shape index (κ3) is 2.60. The molecule has 2 heterocycles. The van der Waals surface area contributed by atoms with Gasteiger partial charge >= 0.3 is 0 Å². The minimum absolute atomic E-state index is 0. The average Bonchev–Trinajstić information content (AvgIpc) is 2.73. The number of fused-ring (bicyclic) bond motifs is 3. The summed E-state index contributed by atoms with van der Waals surface area (Å²) in [7, 11) is 3.80. The van der Waals surface area contributed by atoms with Crippen LogP contribution in [0.15, 0.2) is 42.5 Å². The Balaban J connectivity index is 0.00000204. The van der Waals surface area contributed by atoms with E-state index >= 15 is 0 Å². The first-order chi connectivity index (χ1) is 14.4. The molecule has 0 amide bonds. The van der Waals surface area contributed by atoms with Crippen LogP contribution in [0.3, 0.4) is 0 Å². The van der Waals surface area contributed by atoms with Crippen LogP contribution in [-0.4, -0.2) is 52.4 Å². The molecule has 0 spiro atoms. The highest BCUT2D eigenvalue weighted by atomic mass is 35.5. The zero-order valence-corrected chi connectivity index (χ0v) is 18.6. The van der Waals surface area contributed by atoms with Gasteiger partial charge in [-0.2, -0.15) is 0 Å². The highest BCUT2D eigenvalue weighted by molar-refractivity contribution is 5.86. The number of para-hydroxylation sites is 1. The molecular formula is C25H27ClN2O3. The Kier molecular flexibility index (Phi) is 4.53. The van der Waals surface area contributed by atoms with E-state index in [0.29, 0.717) is 12.8 Å². The Bertz CT molecular complexity index is 1200. The van der Waals surface area contributed by atoms with Gasteiger partial charge in [0.1, 0.15) is 17.0 Å². The van der Waals surface area contributed by atoms with Gasteiger partial charge < -0.3 is 19.8 Å². The molecule has 2 aromatic carbocycles. The quantitative estimate of drug-likeness (QED) is 0.609. The summed E-state index contributed by atoms with van der Waals surface area (Å²) >= 11 is 0. The maximum absolute atomic E-state index is 12.3. The SMILES string of the molecule is COc1cccc2cc3c(nc12)C[C@]12CCN(C)[C@H](Cc4ccc(O)cc41)[C@]2(O)C3.Cl. The zero-order valence-electron chi connectivity index (χ0n) is 17.8. The molecule has 6 rings (SSSR count). The molecular weight excluding hydrogens is 412 g/mol. The summed E-state index contributed by atoms with van der Waals surface area (Å²) in [5, 5.41) is 23.6. The predicted molar refractivity (Wildman–Crippen MR) is 122 cm³/mol. The summed E-state index contributed by atoms with van der Waals surface area (Å²) in [5.74, 6) is 1.04. The van der Waals surface area contributed by atoms with Gasteiger partial charge in [-0.3, -0.25) is 0 Å². The molecule has 2 aliphatic carbocycles. The summed E-state index contributed by atoms with van der Waals surface area (Å²) in [6, 6.07) is 13.9. The number of hydrogen-bond donors (Lipinski definition) is 2. The van der Waals surface area contributed by atoms with E-state index in [4.69, 9.17) is 9.72 Å². The van der Waals surface area contributed by atoms with Crippen LogP contribution in [0.4, 0.5) is 0 Å². The number of phenols is 1. The number of likely N-dealkylation sites (tertiary alicyclic amines) is 1. The molecule has 2 bridgehead atoms. The normalized spacial score (nSPS) is 28.8. The minimum Gasteiger partial charge on any atom is -0.508 e. The van der Waals surface area contributed by atoms with E-state index in [1.54, 1.807) is 13.2 Å². The van der Waals surface area contributed by atoms with Crippen LogP contribution < -0.4 is 4.74 Å². The van der Waals surface area contributed by atoms with E-state index in [2.05, 4.69) is 24.1 Å². The van der Waals surface area contributed by atoms with Crippen LogP contribution in [0.25, 0.3) is 10.9 Å². The van der Waals surface area contributed by atoms with Crippen LogP contribution >= 0.6 is 12.4 Å². The van der Waals surface area contributed by atoms with Crippen molar-refractivity contribution in [1.82, 2.24) is 9.88 Å². The van der Waals surface area contributed by atoms with Crippen molar-refractivity contribution in [2.24, 2.45) is 0 Å². The second-order valence-electron chi connectivity index (χ2n) is 9.28. The smallest absolute Gasteiger partial charge is 0.145 e. The molecule has 3 aromatic rings. The minimum atomic E-state index is -0.887. The molecule has 1 aliphatic heterocycles. The lowest BCUT2D eigenvalue weighted by molar-refractivity contribution is -0.145. The standard InChI is InChI=1S/C25H26N2O3.ClH/c1-27-9-8-24-14-20-17(10-16-4-3-5-21(30-2)23(16)26-20)13-25(24,29)22(27)11-15-6-7-18(28)12-19(15)24;/h3-7,10,12,22,28-29H,8-9,11,13-14H2,1-2H3;1H/t22-,24-,25-;/m1./s1. The number of aromatic nitrogens is 1. The van der Waals surface area contributed by atoms with Crippen LogP contribution in [0.5, 0.6) is 11.5 Å². The van der Waals surface area contributed by atoms with Crippen molar-refractivity contribution in [3.05, 3.63) is 64.8 Å². The molecule has 1 saturated heterocycles. The Labute approximate surface area is 188 Å². The van der Waals surface area contributed by atoms with Gasteiger partial charge in [-0.1, -0.05) is 18.2 Å². The predicted octanol–water partition coefficient (Wildman–Crippen LogP) is 3.40. The lowest BCUT2D eigenvalue weighted by Crippen LogP contribution is -2.73. The molecule has 0 radical (unpaired) electrons. The highest BCUT2D eigenvalue weighted by Crippen LogP contribution is 2.57. The Morgan fingerprint density at radius 3 is 2.77 bits per heavy atom. The number of nitrogens with zero attached hydrogens (tertiary/aromatic N) is 2. The summed E-state index contributed by atoms with van der Waals surface area (Å²) in [5.41, 5.74) is 4.04. The first-order valence-electron chi connectivity index (χ1n) is 10.7. The molecule has 2 N–H and O–H groups in total. The lowest BCUT2D eigenvalue weighted by atomic mass is 9.49. The van der Waals surface area contributed by atoms with Crippen LogP contribution in [-0.2, 0) is 24.7 Å². The largest absolute Gasteiger partial charge is 0.508 e. The van der Waals surface area contributed by atoms with E-state index in [0.717, 1.165) is 52.9 Å². The highest BCUT2D eigenvalue weighted by Gasteiger charge is 2.64. The van der Waals surface area contributed by atoms with Gasteiger partial charge in [-0.05, 0) is 67.4 Å². The van der Waals surface area contributed by atoms with E-state index in [9.17, 15) is 10.2 Å². The molecule has 0 saturated carbocycles. The number of pyridine rings is 1. The van der Waals surface area contributed by atoms with Gasteiger partial charge in [0.05, 0.1) is 12.7 Å². The number of ether oxygens (including phenoxy) is 1. The summed E-state index contributed by atoms with van der Waals surface area (Å²) < 4.78 is 5.56. The summed E-state index contributed by atoms with van der Waals surface area (Å²) in [6.07, 6.45) is 2.90. The van der Waals surface area contributed by atoms with Gasteiger partial charge in [0.25, 0.3) is 0 Å². The van der Waals surface area contributed by atoms with Crippen molar-refractivity contribution in [2.75, 3.05) is 20.7 Å². The van der Waals surface area contributed by atoms with Gasteiger partial charge in [-0.15, -0.1) is 12.4 Å². The maximum atomic E-state index is 12.3. The number of phenolic OH excluding ortho intramolecular Hbond substituents is 1. The number of aromatic hydroxyl groups is 1. The first-order valence-corrected chi connectivity index (χ1v) is 10.7. The van der Waals surface area contributed by atoms with Crippen molar-refractivity contribution in [3.63, 3.8) is 0 Å². The fraction of sp³-hybridized carbons (Fsp3) is 0.400. The second-order valence-corrected chi connectivity index (χ2v) is 9.28. The lowest BCUT2D eigenvalue weighted by Gasteiger charge is -2.63. The Morgan fingerprint density at radius 1 is 1.13 bits per heavy atom. The van der Waals surface area contributed by atoms with Crippen molar-refractivity contribution in [2.45, 2.75) is 42.7 Å². The molecule has 0 unspecified atom stereocenters. The molecule has 1 fully saturated rings. The molecule has 3 atom stereocenters. The number of benzene rings is 2. The van der Waals surface area contributed by atoms with Crippen molar-refractivity contribution >= 4 is 23.3 Å². The fourth-order valence-electron chi connectivity index (χ4n) is 6.44. The molecule has 3 aliphatic rings. The number of rotatable bonds is 1. The molecule has 162 valence electrons. The van der Waals surface area contributed by atoms with E-state index in [1.807, 2.05) is 24.3 Å². The number of piperidine rings is 1. The number of likely N-dealkylation sites (N-methyl/N-ethyl adjacent to an activating group) is 1. The molecule has 6 heteroatoms. The van der Waals surface area contributed by atoms with Crippen molar-refractivity contribution in [3.8, 4) is 11.5 Å². The van der Waals surface area contributed by atoms with Crippen LogP contribution in [0, 0.1) is 0 Å². The van der Waals surface area contributed by atoms with E-state index in [1.165, 1.54) is 5.56 Å². The van der Waals surface area contributed by atoms with Gasteiger partial charge in [0.15, 0.2) is 0 Å². The number of hydrogen-bond acceptors (Lipinski definition) is 5. The van der Waals surface area contributed by atoms with E-state index in [-0.39, 0.29) is 24.2 Å². The third-order valence-electron chi connectivity index (χ3n) is 7.95. The van der Waals surface area contributed by atoms with Crippen LogP contribution in [0.1, 0.15) is 28.8 Å². The van der Waals surface area contributed by atoms with E-state index < -0.39 is 11.0 Å². The van der Waals surface area contributed by atoms with Gasteiger partial charge in [0.2, 0.25) is 0 Å². The second kappa shape index (κ2) is 6.83. The van der Waals surface area contributed by atoms with Crippen molar-refractivity contribution < 1.29 is 14.9 Å². The van der Waals surface area contributed by atoms with Gasteiger partial charge in [-0.25, -0.2) is 4.98 Å². The molecule has 1 aromatic heterocycles. The molecule has 31 heavy (non-hydrogen) atoms. The van der Waals surface area contributed by atoms with Gasteiger partial charge in [0, 0.05) is 35.4 Å². The number of methoxy groups -OCH3 is 1. The van der Waals surface area contributed by atoms with Crippen molar-refractivity contribution in [1.29, 1.82) is 0 Å². The third-order valence-corrected chi connectivity index (χ3v) is 7.95. The fourth-order valence-corrected chi connectivity index (χ4v) is 6.44. The summed E-state index contributed by atoms with van der Waals surface area (Å²) in [6.45, 7) is 0.925. The van der Waals surface area contributed by atoms with Crippen LogP contribution in [0.2, 0.25) is 0 Å². The summed E-state index contributed by atoms with van der Waals surface area (Å²) in [4.78, 5) is 7.37. The first kappa shape index (κ1) is 20.6. The maximum Gasteiger partial charge on any atom is 0.145 e. The number of halogens is 1. The number of aliphatic hydroxyl groups is 1.